The fraction of sp³-hybridized carbons (Fsp3) is 0.300. The van der Waals surface area contributed by atoms with E-state index in [0.717, 1.165) is 36.0 Å². The van der Waals surface area contributed by atoms with Crippen LogP contribution >= 0.6 is 0 Å². The Morgan fingerprint density at radius 1 is 1.00 bits per heavy atom. The molecule has 8 nitrogen and oxygen atoms in total. The first-order chi connectivity index (χ1) is 13.7. The molecule has 0 aliphatic heterocycles. The van der Waals surface area contributed by atoms with Gasteiger partial charge in [0.05, 0.1) is 5.52 Å². The lowest BCUT2D eigenvalue weighted by atomic mass is 10.2. The van der Waals surface area contributed by atoms with E-state index in [2.05, 4.69) is 31.1 Å². The van der Waals surface area contributed by atoms with Crippen molar-refractivity contribution >= 4 is 22.7 Å². The van der Waals surface area contributed by atoms with E-state index in [1.807, 2.05) is 42.6 Å². The molecule has 4 N–H and O–H groups in total. The monoisotopic (exact) mass is 380 g/mol. The van der Waals surface area contributed by atoms with Gasteiger partial charge < -0.3 is 16.0 Å². The van der Waals surface area contributed by atoms with E-state index in [9.17, 15) is 9.59 Å². The summed E-state index contributed by atoms with van der Waals surface area (Å²) in [4.78, 5) is 28.1. The summed E-state index contributed by atoms with van der Waals surface area (Å²) >= 11 is 0. The maximum Gasteiger partial charge on any atom is 0.272 e. The van der Waals surface area contributed by atoms with Crippen LogP contribution in [0.1, 0.15) is 28.9 Å². The molecule has 0 bridgehead atoms. The summed E-state index contributed by atoms with van der Waals surface area (Å²) in [5, 5.41) is 16.5. The van der Waals surface area contributed by atoms with E-state index in [0.29, 0.717) is 12.2 Å². The Morgan fingerprint density at radius 3 is 2.75 bits per heavy atom. The van der Waals surface area contributed by atoms with Gasteiger partial charge in [0.15, 0.2) is 5.69 Å². The molecule has 146 valence electrons. The highest BCUT2D eigenvalue weighted by molar-refractivity contribution is 6.04. The average molecular weight is 380 g/mol. The lowest BCUT2D eigenvalue weighted by Gasteiger charge is -2.07. The van der Waals surface area contributed by atoms with Gasteiger partial charge >= 0.3 is 0 Å². The molecular weight excluding hydrogens is 356 g/mol. The van der Waals surface area contributed by atoms with Crippen LogP contribution in [0.2, 0.25) is 0 Å². The quantitative estimate of drug-likeness (QED) is 0.397. The molecule has 2 amide bonds. The Labute approximate surface area is 163 Å². The number of benzene rings is 1. The van der Waals surface area contributed by atoms with Gasteiger partial charge in [-0.25, -0.2) is 0 Å². The predicted octanol–water partition coefficient (Wildman–Crippen LogP) is 1.37. The molecule has 28 heavy (non-hydrogen) atoms. The smallest absolute Gasteiger partial charge is 0.272 e. The van der Waals surface area contributed by atoms with E-state index in [1.165, 1.54) is 0 Å². The molecule has 0 saturated carbocycles. The molecule has 0 fully saturated rings. The Bertz CT molecular complexity index is 909. The van der Waals surface area contributed by atoms with E-state index >= 15 is 0 Å². The van der Waals surface area contributed by atoms with Crippen molar-refractivity contribution in [2.75, 3.05) is 19.6 Å². The Morgan fingerprint density at radius 2 is 1.89 bits per heavy atom. The molecule has 8 heteroatoms. The van der Waals surface area contributed by atoms with Gasteiger partial charge in [0, 0.05) is 43.8 Å². The molecule has 2 heterocycles. The minimum Gasteiger partial charge on any atom is -0.356 e. The zero-order valence-electron chi connectivity index (χ0n) is 15.6. The fourth-order valence-electron chi connectivity index (χ4n) is 2.77. The van der Waals surface area contributed by atoms with Gasteiger partial charge in [0.1, 0.15) is 0 Å². The Hall–Kier alpha value is -3.26. The van der Waals surface area contributed by atoms with Crippen molar-refractivity contribution < 1.29 is 9.59 Å². The highest BCUT2D eigenvalue weighted by Crippen LogP contribution is 2.14. The summed E-state index contributed by atoms with van der Waals surface area (Å²) in [6.07, 6.45) is 4.64. The number of aromatic nitrogens is 3. The topological polar surface area (TPSA) is 112 Å². The van der Waals surface area contributed by atoms with Crippen LogP contribution in [0.5, 0.6) is 0 Å². The van der Waals surface area contributed by atoms with Crippen LogP contribution < -0.4 is 16.0 Å². The summed E-state index contributed by atoms with van der Waals surface area (Å²) in [6.45, 7) is 2.43. The number of nitrogens with one attached hydrogen (secondary N) is 4. The third-order valence-corrected chi connectivity index (χ3v) is 4.23. The van der Waals surface area contributed by atoms with Gasteiger partial charge in [-0.05, 0) is 30.7 Å². The molecule has 0 unspecified atom stereocenters. The predicted molar refractivity (Wildman–Crippen MR) is 107 cm³/mol. The van der Waals surface area contributed by atoms with Crippen LogP contribution in [0, 0.1) is 0 Å². The molecule has 0 saturated heterocycles. The standard InChI is InChI=1S/C20H24N6O2/c27-18(23-11-4-10-22-14-15-5-3-9-21-13-15)8-12-24-20(28)19-16-6-1-2-7-17(16)25-26-19/h1-3,5-7,9,13,22H,4,8,10-12,14H2,(H,23,27)(H,24,28)(H,25,26). The van der Waals surface area contributed by atoms with Gasteiger partial charge in [-0.3, -0.25) is 19.7 Å². The second kappa shape index (κ2) is 10.2. The first-order valence-corrected chi connectivity index (χ1v) is 9.31. The van der Waals surface area contributed by atoms with Crippen LogP contribution in [0.3, 0.4) is 0 Å². The van der Waals surface area contributed by atoms with Crippen LogP contribution in [-0.4, -0.2) is 46.6 Å². The highest BCUT2D eigenvalue weighted by Gasteiger charge is 2.13. The molecule has 1 aromatic carbocycles. The maximum absolute atomic E-state index is 12.2. The third kappa shape index (κ3) is 5.62. The van der Waals surface area contributed by atoms with E-state index in [4.69, 9.17) is 0 Å². The van der Waals surface area contributed by atoms with Crippen molar-refractivity contribution in [1.82, 2.24) is 31.1 Å². The number of pyridine rings is 1. The molecule has 0 atom stereocenters. The number of para-hydroxylation sites is 1. The molecular formula is C20H24N6O2. The van der Waals surface area contributed by atoms with Crippen molar-refractivity contribution in [3.63, 3.8) is 0 Å². The second-order valence-electron chi connectivity index (χ2n) is 6.37. The average Bonchev–Trinajstić information content (AvgIpc) is 3.15. The number of hydrogen-bond donors (Lipinski definition) is 4. The number of hydrogen-bond acceptors (Lipinski definition) is 5. The SMILES string of the molecule is O=C(CCNC(=O)c1n[nH]c2ccccc12)NCCCNCc1cccnc1. The number of rotatable bonds is 10. The van der Waals surface area contributed by atoms with Gasteiger partial charge in [-0.15, -0.1) is 0 Å². The summed E-state index contributed by atoms with van der Waals surface area (Å²) in [5.74, 6) is -0.371. The first-order valence-electron chi connectivity index (χ1n) is 9.31. The van der Waals surface area contributed by atoms with Crippen LogP contribution in [-0.2, 0) is 11.3 Å². The van der Waals surface area contributed by atoms with Crippen molar-refractivity contribution in [2.45, 2.75) is 19.4 Å². The molecule has 0 radical (unpaired) electrons. The molecule has 0 aliphatic rings. The fourth-order valence-corrected chi connectivity index (χ4v) is 2.77. The first kappa shape index (κ1) is 19.5. The van der Waals surface area contributed by atoms with Crippen LogP contribution in [0.15, 0.2) is 48.8 Å². The second-order valence-corrected chi connectivity index (χ2v) is 6.37. The number of carbonyl (C=O) groups is 2. The van der Waals surface area contributed by atoms with Crippen molar-refractivity contribution in [2.24, 2.45) is 0 Å². The van der Waals surface area contributed by atoms with Crippen molar-refractivity contribution in [1.29, 1.82) is 0 Å². The third-order valence-electron chi connectivity index (χ3n) is 4.23. The lowest BCUT2D eigenvalue weighted by Crippen LogP contribution is -2.32. The minimum absolute atomic E-state index is 0.0838. The zero-order chi connectivity index (χ0) is 19.6. The molecule has 3 rings (SSSR count). The van der Waals surface area contributed by atoms with Gasteiger partial charge in [0.2, 0.25) is 5.91 Å². The number of amides is 2. The number of H-pyrrole nitrogens is 1. The van der Waals surface area contributed by atoms with Crippen molar-refractivity contribution in [3.05, 3.63) is 60.0 Å². The minimum atomic E-state index is -0.287. The molecule has 2 aromatic heterocycles. The van der Waals surface area contributed by atoms with E-state index < -0.39 is 0 Å². The van der Waals surface area contributed by atoms with Crippen LogP contribution in [0.4, 0.5) is 0 Å². The normalized spacial score (nSPS) is 10.7. The summed E-state index contributed by atoms with van der Waals surface area (Å²) in [5.41, 5.74) is 2.28. The van der Waals surface area contributed by atoms with E-state index in [-0.39, 0.29) is 24.8 Å². The highest BCUT2D eigenvalue weighted by atomic mass is 16.2. The number of nitrogens with zero attached hydrogens (tertiary/aromatic N) is 2. The van der Waals surface area contributed by atoms with Gasteiger partial charge in [-0.2, -0.15) is 5.10 Å². The van der Waals surface area contributed by atoms with E-state index in [1.54, 1.807) is 6.20 Å². The van der Waals surface area contributed by atoms with Crippen molar-refractivity contribution in [3.8, 4) is 0 Å². The Balaban J connectivity index is 1.27. The Kier molecular flexibility index (Phi) is 7.08. The maximum atomic E-state index is 12.2. The molecule has 0 spiro atoms. The summed E-state index contributed by atoms with van der Waals surface area (Å²) in [6, 6.07) is 11.3. The van der Waals surface area contributed by atoms with Crippen LogP contribution in [0.25, 0.3) is 10.9 Å². The van der Waals surface area contributed by atoms with Gasteiger partial charge in [0.25, 0.3) is 5.91 Å². The molecule has 3 aromatic rings. The number of fused-ring (bicyclic) bond motifs is 1. The van der Waals surface area contributed by atoms with Gasteiger partial charge in [-0.1, -0.05) is 24.3 Å². The lowest BCUT2D eigenvalue weighted by molar-refractivity contribution is -0.120. The summed E-state index contributed by atoms with van der Waals surface area (Å²) in [7, 11) is 0. The number of carbonyl (C=O) groups excluding carboxylic acids is 2. The largest absolute Gasteiger partial charge is 0.356 e. The molecule has 0 aliphatic carbocycles. The summed E-state index contributed by atoms with van der Waals surface area (Å²) < 4.78 is 0. The number of aromatic amines is 1. The zero-order valence-corrected chi connectivity index (χ0v) is 15.6.